The summed E-state index contributed by atoms with van der Waals surface area (Å²) in [4.78, 5) is 0. The summed E-state index contributed by atoms with van der Waals surface area (Å²) in [5.74, 6) is 3.77. The van der Waals surface area contributed by atoms with Crippen LogP contribution in [0.2, 0.25) is 0 Å². The van der Waals surface area contributed by atoms with E-state index in [1.165, 1.54) is 37.7 Å². The third kappa shape index (κ3) is 1.31. The molecule has 96 valence electrons. The normalized spacial score (nSPS) is 45.4. The maximum absolute atomic E-state index is 6.32. The van der Waals surface area contributed by atoms with Crippen LogP contribution in [0.1, 0.15) is 37.7 Å². The van der Waals surface area contributed by atoms with E-state index >= 15 is 0 Å². The summed E-state index contributed by atoms with van der Waals surface area (Å²) in [6, 6.07) is 11.2. The molecule has 0 unspecified atom stereocenters. The predicted molar refractivity (Wildman–Crippen MR) is 74.2 cm³/mol. The highest BCUT2D eigenvalue weighted by Crippen LogP contribution is 2.62. The quantitative estimate of drug-likeness (QED) is 0.844. The first kappa shape index (κ1) is 11.0. The second kappa shape index (κ2) is 3.84. The van der Waals surface area contributed by atoms with Crippen LogP contribution in [0.3, 0.4) is 0 Å². The Hall–Kier alpha value is -0.820. The minimum absolute atomic E-state index is 0.314. The van der Waals surface area contributed by atoms with Crippen molar-refractivity contribution in [3.63, 3.8) is 0 Å². The van der Waals surface area contributed by atoms with Gasteiger partial charge in [0.15, 0.2) is 0 Å². The maximum Gasteiger partial charge on any atom is 0.0132 e. The molecule has 0 amide bonds. The van der Waals surface area contributed by atoms with Gasteiger partial charge in [-0.25, -0.2) is 0 Å². The number of rotatable bonds is 2. The lowest BCUT2D eigenvalue weighted by molar-refractivity contribution is -0.0567. The van der Waals surface area contributed by atoms with Crippen LogP contribution in [0.4, 0.5) is 0 Å². The zero-order valence-corrected chi connectivity index (χ0v) is 11.0. The molecule has 5 rings (SSSR count). The van der Waals surface area contributed by atoms with Gasteiger partial charge in [0.05, 0.1) is 0 Å². The fourth-order valence-electron chi connectivity index (χ4n) is 5.70. The number of hydrogen-bond acceptors (Lipinski definition) is 1. The van der Waals surface area contributed by atoms with Gasteiger partial charge < -0.3 is 5.73 Å². The van der Waals surface area contributed by atoms with Gasteiger partial charge in [-0.15, -0.1) is 0 Å². The zero-order chi connectivity index (χ0) is 12.2. The Kier molecular flexibility index (Phi) is 2.35. The lowest BCUT2D eigenvalue weighted by atomic mass is 9.44. The van der Waals surface area contributed by atoms with E-state index in [1.807, 2.05) is 0 Å². The van der Waals surface area contributed by atoms with E-state index in [0.717, 1.165) is 30.2 Å². The maximum atomic E-state index is 6.32. The van der Waals surface area contributed by atoms with E-state index in [1.54, 1.807) is 0 Å². The molecule has 0 aromatic heterocycles. The summed E-state index contributed by atoms with van der Waals surface area (Å²) in [5.41, 5.74) is 8.16. The molecular weight excluding hydrogens is 218 g/mol. The van der Waals surface area contributed by atoms with Gasteiger partial charge in [-0.2, -0.15) is 0 Å². The van der Waals surface area contributed by atoms with Crippen LogP contribution in [-0.2, 0) is 5.41 Å². The van der Waals surface area contributed by atoms with Crippen molar-refractivity contribution >= 4 is 0 Å². The smallest absolute Gasteiger partial charge is 0.0132 e. The van der Waals surface area contributed by atoms with Gasteiger partial charge in [-0.1, -0.05) is 30.3 Å². The fourth-order valence-corrected chi connectivity index (χ4v) is 5.70. The molecule has 1 heteroatoms. The summed E-state index contributed by atoms with van der Waals surface area (Å²) in [7, 11) is 0. The monoisotopic (exact) mass is 241 g/mol. The highest BCUT2D eigenvalue weighted by molar-refractivity contribution is 5.31. The SMILES string of the molecule is NCC1(c2ccccc2)C2CC3CC(C2)CC1C3. The summed E-state index contributed by atoms with van der Waals surface area (Å²) < 4.78 is 0. The van der Waals surface area contributed by atoms with Crippen molar-refractivity contribution in [1.29, 1.82) is 0 Å². The molecule has 4 bridgehead atoms. The molecule has 18 heavy (non-hydrogen) atoms. The van der Waals surface area contributed by atoms with Gasteiger partial charge in [-0.3, -0.25) is 0 Å². The second-order valence-electron chi connectivity index (χ2n) is 6.91. The Morgan fingerprint density at radius 3 is 1.94 bits per heavy atom. The molecule has 1 nitrogen and oxygen atoms in total. The fraction of sp³-hybridized carbons (Fsp3) is 0.647. The Balaban J connectivity index is 1.81. The van der Waals surface area contributed by atoms with Crippen LogP contribution in [0.15, 0.2) is 30.3 Å². The molecule has 2 N–H and O–H groups in total. The largest absolute Gasteiger partial charge is 0.330 e. The van der Waals surface area contributed by atoms with Crippen molar-refractivity contribution in [2.75, 3.05) is 6.54 Å². The van der Waals surface area contributed by atoms with Gasteiger partial charge in [0, 0.05) is 12.0 Å². The van der Waals surface area contributed by atoms with Gasteiger partial charge in [0.1, 0.15) is 0 Å². The molecular formula is C17H23N. The van der Waals surface area contributed by atoms with E-state index < -0.39 is 0 Å². The first-order chi connectivity index (χ1) is 8.83. The standard InChI is InChI=1S/C17H23N/c18-11-17(14-4-2-1-3-5-14)15-7-12-6-13(9-15)10-16(17)8-12/h1-5,12-13,15-16H,6-11,18H2. The van der Waals surface area contributed by atoms with Crippen LogP contribution in [0.5, 0.6) is 0 Å². The molecule has 0 aliphatic heterocycles. The Morgan fingerprint density at radius 2 is 1.44 bits per heavy atom. The molecule has 0 radical (unpaired) electrons. The molecule has 0 spiro atoms. The highest BCUT2D eigenvalue weighted by atomic mass is 14.7. The number of nitrogens with two attached hydrogens (primary N) is 1. The summed E-state index contributed by atoms with van der Waals surface area (Å²) in [5, 5.41) is 0. The van der Waals surface area contributed by atoms with E-state index in [9.17, 15) is 0 Å². The molecule has 4 aliphatic carbocycles. The van der Waals surface area contributed by atoms with E-state index in [-0.39, 0.29) is 0 Å². The molecule has 4 aliphatic rings. The van der Waals surface area contributed by atoms with Crippen LogP contribution in [0.25, 0.3) is 0 Å². The molecule has 0 saturated heterocycles. The molecule has 4 saturated carbocycles. The number of benzene rings is 1. The van der Waals surface area contributed by atoms with Crippen molar-refractivity contribution < 1.29 is 0 Å². The topological polar surface area (TPSA) is 26.0 Å². The lowest BCUT2D eigenvalue weighted by Gasteiger charge is -2.61. The van der Waals surface area contributed by atoms with Crippen molar-refractivity contribution in [2.24, 2.45) is 29.4 Å². The summed E-state index contributed by atoms with van der Waals surface area (Å²) in [6.45, 7) is 0.853. The van der Waals surface area contributed by atoms with Gasteiger partial charge >= 0.3 is 0 Å². The van der Waals surface area contributed by atoms with Crippen LogP contribution in [-0.4, -0.2) is 6.54 Å². The van der Waals surface area contributed by atoms with Crippen LogP contribution >= 0.6 is 0 Å². The molecule has 1 aromatic carbocycles. The minimum Gasteiger partial charge on any atom is -0.330 e. The second-order valence-corrected chi connectivity index (χ2v) is 6.91. The summed E-state index contributed by atoms with van der Waals surface area (Å²) in [6.07, 6.45) is 7.29. The highest BCUT2D eigenvalue weighted by Gasteiger charge is 2.56. The molecule has 4 fully saturated rings. The van der Waals surface area contributed by atoms with Crippen molar-refractivity contribution in [2.45, 2.75) is 37.5 Å². The summed E-state index contributed by atoms with van der Waals surface area (Å²) >= 11 is 0. The van der Waals surface area contributed by atoms with Crippen molar-refractivity contribution in [3.05, 3.63) is 35.9 Å². The third-order valence-electron chi connectivity index (χ3n) is 6.24. The van der Waals surface area contributed by atoms with E-state index in [0.29, 0.717) is 5.41 Å². The first-order valence-corrected chi connectivity index (χ1v) is 7.58. The van der Waals surface area contributed by atoms with Crippen molar-refractivity contribution in [3.8, 4) is 0 Å². The minimum atomic E-state index is 0.314. The van der Waals surface area contributed by atoms with Crippen LogP contribution < -0.4 is 5.73 Å². The van der Waals surface area contributed by atoms with Crippen LogP contribution in [0, 0.1) is 23.7 Å². The first-order valence-electron chi connectivity index (χ1n) is 7.58. The Bertz CT molecular complexity index is 408. The third-order valence-corrected chi connectivity index (χ3v) is 6.24. The van der Waals surface area contributed by atoms with Crippen molar-refractivity contribution in [1.82, 2.24) is 0 Å². The van der Waals surface area contributed by atoms with Gasteiger partial charge in [0.25, 0.3) is 0 Å². The molecule has 0 heterocycles. The van der Waals surface area contributed by atoms with E-state index in [2.05, 4.69) is 30.3 Å². The zero-order valence-electron chi connectivity index (χ0n) is 11.0. The predicted octanol–water partition coefficient (Wildman–Crippen LogP) is 3.34. The average molecular weight is 241 g/mol. The van der Waals surface area contributed by atoms with Gasteiger partial charge in [-0.05, 0) is 61.3 Å². The lowest BCUT2D eigenvalue weighted by Crippen LogP contribution is -2.58. The Morgan fingerprint density at radius 1 is 0.889 bits per heavy atom. The Labute approximate surface area is 110 Å². The molecule has 0 atom stereocenters. The van der Waals surface area contributed by atoms with E-state index in [4.69, 9.17) is 5.73 Å². The molecule has 1 aromatic rings. The average Bonchev–Trinajstić information content (AvgIpc) is 2.40. The number of hydrogen-bond donors (Lipinski definition) is 1. The van der Waals surface area contributed by atoms with Gasteiger partial charge in [0.2, 0.25) is 0 Å².